The van der Waals surface area contributed by atoms with Gasteiger partial charge in [-0.25, -0.2) is 8.42 Å². The zero-order chi connectivity index (χ0) is 23.9. The van der Waals surface area contributed by atoms with Crippen LogP contribution in [0.15, 0.2) is 48.5 Å². The highest BCUT2D eigenvalue weighted by Crippen LogP contribution is 2.22. The first kappa shape index (κ1) is 25.5. The summed E-state index contributed by atoms with van der Waals surface area (Å²) in [5, 5.41) is 3.20. The Morgan fingerprint density at radius 2 is 1.81 bits per heavy atom. The third-order valence-electron chi connectivity index (χ3n) is 4.80. The molecular formula is C22H28ClN3O5S. The quantitative estimate of drug-likeness (QED) is 0.562. The summed E-state index contributed by atoms with van der Waals surface area (Å²) in [6.45, 7) is 3.42. The highest BCUT2D eigenvalue weighted by Gasteiger charge is 2.29. The molecule has 0 aliphatic carbocycles. The molecule has 0 saturated heterocycles. The monoisotopic (exact) mass is 481 g/mol. The number of ether oxygens (including phenoxy) is 1. The van der Waals surface area contributed by atoms with Gasteiger partial charge in [0, 0.05) is 18.1 Å². The fraction of sp³-hybridized carbons (Fsp3) is 0.364. The molecule has 0 bridgehead atoms. The van der Waals surface area contributed by atoms with Gasteiger partial charge in [-0.15, -0.1) is 0 Å². The highest BCUT2D eigenvalue weighted by atomic mass is 35.5. The number of anilines is 1. The molecule has 0 saturated carbocycles. The number of nitrogens with one attached hydrogen (secondary N) is 1. The predicted molar refractivity (Wildman–Crippen MR) is 125 cm³/mol. The van der Waals surface area contributed by atoms with E-state index >= 15 is 0 Å². The molecule has 1 atom stereocenters. The number of nitrogens with zero attached hydrogens (tertiary/aromatic N) is 2. The van der Waals surface area contributed by atoms with Crippen LogP contribution in [0.4, 0.5) is 5.69 Å². The second-order valence-corrected chi connectivity index (χ2v) is 9.53. The molecule has 2 rings (SSSR count). The van der Waals surface area contributed by atoms with Crippen LogP contribution in [0.5, 0.6) is 5.75 Å². The van der Waals surface area contributed by atoms with Gasteiger partial charge in [-0.05, 0) is 55.8 Å². The van der Waals surface area contributed by atoms with Gasteiger partial charge in [0.1, 0.15) is 18.3 Å². The zero-order valence-corrected chi connectivity index (χ0v) is 20.1. The molecule has 2 aromatic rings. The summed E-state index contributed by atoms with van der Waals surface area (Å²) in [5.41, 5.74) is 1.03. The third kappa shape index (κ3) is 6.86. The van der Waals surface area contributed by atoms with Crippen LogP contribution in [-0.2, 0) is 26.2 Å². The van der Waals surface area contributed by atoms with E-state index in [9.17, 15) is 18.0 Å². The number of rotatable bonds is 10. The number of likely N-dealkylation sites (N-methyl/N-ethyl adjacent to an activating group) is 1. The van der Waals surface area contributed by atoms with Crippen LogP contribution in [-0.4, -0.2) is 57.6 Å². The molecule has 0 aromatic heterocycles. The summed E-state index contributed by atoms with van der Waals surface area (Å²) < 4.78 is 31.1. The maximum absolute atomic E-state index is 13.3. The van der Waals surface area contributed by atoms with E-state index in [1.807, 2.05) is 0 Å². The van der Waals surface area contributed by atoms with Crippen molar-refractivity contribution >= 4 is 39.1 Å². The first-order valence-electron chi connectivity index (χ1n) is 10.00. The molecule has 0 fully saturated rings. The number of amides is 2. The molecule has 2 aromatic carbocycles. The smallest absolute Gasteiger partial charge is 0.244 e. The van der Waals surface area contributed by atoms with E-state index in [0.717, 1.165) is 16.1 Å². The lowest BCUT2D eigenvalue weighted by molar-refractivity contribution is -0.139. The van der Waals surface area contributed by atoms with Crippen molar-refractivity contribution in [1.29, 1.82) is 0 Å². The van der Waals surface area contributed by atoms with Gasteiger partial charge in [0.15, 0.2) is 0 Å². The van der Waals surface area contributed by atoms with E-state index in [1.165, 1.54) is 12.0 Å². The number of benzene rings is 2. The van der Waals surface area contributed by atoms with Gasteiger partial charge in [-0.2, -0.15) is 0 Å². The Hall–Kier alpha value is -2.78. The van der Waals surface area contributed by atoms with Gasteiger partial charge in [0.25, 0.3) is 0 Å². The van der Waals surface area contributed by atoms with E-state index < -0.39 is 28.5 Å². The molecule has 32 heavy (non-hydrogen) atoms. The Morgan fingerprint density at radius 3 is 2.34 bits per heavy atom. The summed E-state index contributed by atoms with van der Waals surface area (Å²) in [4.78, 5) is 27.2. The van der Waals surface area contributed by atoms with Crippen LogP contribution < -0.4 is 14.4 Å². The SMILES string of the molecule is CCNC(=O)[C@H](C)N(Cc1cccc(Cl)c1)C(=O)CN(c1ccc(OC)cc1)S(C)(=O)=O. The van der Waals surface area contributed by atoms with Crippen molar-refractivity contribution in [1.82, 2.24) is 10.2 Å². The second-order valence-electron chi connectivity index (χ2n) is 7.19. The van der Waals surface area contributed by atoms with E-state index in [2.05, 4.69) is 5.32 Å². The normalized spacial score (nSPS) is 12.0. The number of hydrogen-bond acceptors (Lipinski definition) is 5. The predicted octanol–water partition coefficient (Wildman–Crippen LogP) is 2.67. The Morgan fingerprint density at radius 1 is 1.16 bits per heavy atom. The number of methoxy groups -OCH3 is 1. The van der Waals surface area contributed by atoms with Crippen molar-refractivity contribution in [2.75, 3.05) is 30.8 Å². The average Bonchev–Trinajstić information content (AvgIpc) is 2.74. The van der Waals surface area contributed by atoms with Gasteiger partial charge < -0.3 is 15.0 Å². The van der Waals surface area contributed by atoms with Crippen LogP contribution in [0.3, 0.4) is 0 Å². The number of carbonyl (C=O) groups is 2. The summed E-state index contributed by atoms with van der Waals surface area (Å²) in [6, 6.07) is 12.5. The zero-order valence-electron chi connectivity index (χ0n) is 18.5. The highest BCUT2D eigenvalue weighted by molar-refractivity contribution is 7.92. The lowest BCUT2D eigenvalue weighted by Gasteiger charge is -2.31. The Labute approximate surface area is 194 Å². The van der Waals surface area contributed by atoms with Crippen molar-refractivity contribution in [3.8, 4) is 5.75 Å². The number of carbonyl (C=O) groups excluding carboxylic acids is 2. The summed E-state index contributed by atoms with van der Waals surface area (Å²) in [7, 11) is -2.28. The van der Waals surface area contributed by atoms with Crippen molar-refractivity contribution in [2.45, 2.75) is 26.4 Å². The van der Waals surface area contributed by atoms with E-state index in [0.29, 0.717) is 23.0 Å². The van der Waals surface area contributed by atoms with Crippen molar-refractivity contribution < 1.29 is 22.7 Å². The molecule has 0 aliphatic heterocycles. The third-order valence-corrected chi connectivity index (χ3v) is 6.18. The Bertz CT molecular complexity index is 1040. The average molecular weight is 482 g/mol. The molecule has 10 heteroatoms. The molecule has 8 nitrogen and oxygen atoms in total. The minimum Gasteiger partial charge on any atom is -0.497 e. The number of sulfonamides is 1. The van der Waals surface area contributed by atoms with Crippen LogP contribution >= 0.6 is 11.6 Å². The molecule has 2 amide bonds. The van der Waals surface area contributed by atoms with Gasteiger partial charge in [0.05, 0.1) is 19.1 Å². The van der Waals surface area contributed by atoms with Crippen LogP contribution in [0.25, 0.3) is 0 Å². The minimum absolute atomic E-state index is 0.0951. The summed E-state index contributed by atoms with van der Waals surface area (Å²) in [6.07, 6.45) is 1.03. The van der Waals surface area contributed by atoms with Crippen LogP contribution in [0.1, 0.15) is 19.4 Å². The van der Waals surface area contributed by atoms with E-state index in [4.69, 9.17) is 16.3 Å². The lowest BCUT2D eigenvalue weighted by atomic mass is 10.1. The van der Waals surface area contributed by atoms with Gasteiger partial charge in [-0.1, -0.05) is 23.7 Å². The molecule has 0 radical (unpaired) electrons. The first-order chi connectivity index (χ1) is 15.1. The lowest BCUT2D eigenvalue weighted by Crippen LogP contribution is -2.51. The molecule has 0 unspecified atom stereocenters. The molecule has 174 valence electrons. The fourth-order valence-electron chi connectivity index (χ4n) is 3.10. The number of halogens is 1. The van der Waals surface area contributed by atoms with Gasteiger partial charge >= 0.3 is 0 Å². The van der Waals surface area contributed by atoms with Crippen LogP contribution in [0, 0.1) is 0 Å². The van der Waals surface area contributed by atoms with Crippen LogP contribution in [0.2, 0.25) is 5.02 Å². The Kier molecular flexibility index (Phi) is 8.91. The number of hydrogen-bond donors (Lipinski definition) is 1. The fourth-order valence-corrected chi connectivity index (χ4v) is 4.16. The molecule has 0 heterocycles. The molecule has 1 N–H and O–H groups in total. The summed E-state index contributed by atoms with van der Waals surface area (Å²) in [5.74, 6) is -0.302. The standard InChI is InChI=1S/C22H28ClN3O5S/c1-5-24-22(28)16(2)25(14-17-7-6-8-18(23)13-17)21(27)15-26(32(4,29)30)19-9-11-20(31-3)12-10-19/h6-13,16H,5,14-15H2,1-4H3,(H,24,28)/t16-/m0/s1. The van der Waals surface area contributed by atoms with E-state index in [-0.39, 0.29) is 12.5 Å². The summed E-state index contributed by atoms with van der Waals surface area (Å²) >= 11 is 6.07. The first-order valence-corrected chi connectivity index (χ1v) is 12.2. The van der Waals surface area contributed by atoms with Gasteiger partial charge in [-0.3, -0.25) is 13.9 Å². The second kappa shape index (κ2) is 11.2. The van der Waals surface area contributed by atoms with E-state index in [1.54, 1.807) is 62.4 Å². The topological polar surface area (TPSA) is 96.0 Å². The molecular weight excluding hydrogens is 454 g/mol. The maximum atomic E-state index is 13.3. The molecule has 0 spiro atoms. The van der Waals surface area contributed by atoms with Crippen molar-refractivity contribution in [3.05, 3.63) is 59.1 Å². The van der Waals surface area contributed by atoms with Gasteiger partial charge in [0.2, 0.25) is 21.8 Å². The molecule has 0 aliphatic rings. The Balaban J connectivity index is 2.37. The van der Waals surface area contributed by atoms with Crippen molar-refractivity contribution in [2.24, 2.45) is 0 Å². The largest absolute Gasteiger partial charge is 0.497 e. The maximum Gasteiger partial charge on any atom is 0.244 e. The minimum atomic E-state index is -3.78. The van der Waals surface area contributed by atoms with Crippen molar-refractivity contribution in [3.63, 3.8) is 0 Å².